The number of hydrogen-bond donors (Lipinski definition) is 1. The second-order valence-electron chi connectivity index (χ2n) is 5.20. The van der Waals surface area contributed by atoms with E-state index in [4.69, 9.17) is 10.3 Å². The number of nitrogen functional groups attached to an aromatic ring is 1. The van der Waals surface area contributed by atoms with E-state index >= 15 is 0 Å². The van der Waals surface area contributed by atoms with Gasteiger partial charge in [-0.2, -0.15) is 0 Å². The lowest BCUT2D eigenvalue weighted by Gasteiger charge is -2.13. The van der Waals surface area contributed by atoms with Gasteiger partial charge in [-0.1, -0.05) is 29.4 Å². The zero-order valence-corrected chi connectivity index (χ0v) is 11.4. The molecule has 3 unspecified atom stereocenters. The standard InChI is InChI=1S/C14H13BrN2O/c15-12-13(18-17-14(12)16)11-9-6-5-7-3-1-2-4-8(7)10(9)11/h1-4,9-11H,5-6H2,(H2,16,17). The van der Waals surface area contributed by atoms with Gasteiger partial charge in [0, 0.05) is 5.92 Å². The largest absolute Gasteiger partial charge is 0.380 e. The van der Waals surface area contributed by atoms with Gasteiger partial charge in [-0.05, 0) is 51.7 Å². The fraction of sp³-hybridized carbons (Fsp3) is 0.357. The molecule has 1 aromatic heterocycles. The Morgan fingerprint density at radius 2 is 2.11 bits per heavy atom. The first-order valence-electron chi connectivity index (χ1n) is 6.25. The minimum absolute atomic E-state index is 0.452. The van der Waals surface area contributed by atoms with E-state index in [1.54, 1.807) is 0 Å². The first-order chi connectivity index (χ1) is 8.77. The van der Waals surface area contributed by atoms with Crippen LogP contribution in [-0.4, -0.2) is 5.16 Å². The number of hydrogen-bond acceptors (Lipinski definition) is 3. The summed E-state index contributed by atoms with van der Waals surface area (Å²) >= 11 is 3.48. The SMILES string of the molecule is Nc1noc(C2C3CCc4ccccc4C32)c1Br. The van der Waals surface area contributed by atoms with Crippen LogP contribution in [0.5, 0.6) is 0 Å². The van der Waals surface area contributed by atoms with Crippen molar-refractivity contribution in [1.29, 1.82) is 0 Å². The third kappa shape index (κ3) is 1.32. The molecule has 0 amide bonds. The van der Waals surface area contributed by atoms with Gasteiger partial charge in [0.05, 0.1) is 0 Å². The van der Waals surface area contributed by atoms with Crippen molar-refractivity contribution >= 4 is 21.7 Å². The first kappa shape index (κ1) is 10.6. The summed E-state index contributed by atoms with van der Waals surface area (Å²) in [4.78, 5) is 0. The predicted molar refractivity (Wildman–Crippen MR) is 72.4 cm³/mol. The summed E-state index contributed by atoms with van der Waals surface area (Å²) in [6.45, 7) is 0. The van der Waals surface area contributed by atoms with Crippen LogP contribution in [0.4, 0.5) is 5.82 Å². The molecule has 1 fully saturated rings. The topological polar surface area (TPSA) is 52.0 Å². The van der Waals surface area contributed by atoms with Gasteiger partial charge in [0.15, 0.2) is 11.6 Å². The van der Waals surface area contributed by atoms with E-state index in [2.05, 4.69) is 45.4 Å². The molecule has 1 heterocycles. The highest BCUT2D eigenvalue weighted by Gasteiger charge is 2.56. The lowest BCUT2D eigenvalue weighted by atomic mass is 9.92. The summed E-state index contributed by atoms with van der Waals surface area (Å²) in [5.74, 6) is 3.14. The Morgan fingerprint density at radius 3 is 2.89 bits per heavy atom. The molecule has 0 radical (unpaired) electrons. The van der Waals surface area contributed by atoms with Gasteiger partial charge in [0.2, 0.25) is 0 Å². The molecule has 0 bridgehead atoms. The Balaban J connectivity index is 1.75. The molecular weight excluding hydrogens is 292 g/mol. The van der Waals surface area contributed by atoms with Crippen molar-refractivity contribution in [2.75, 3.05) is 5.73 Å². The van der Waals surface area contributed by atoms with Crippen LogP contribution in [0.3, 0.4) is 0 Å². The summed E-state index contributed by atoms with van der Waals surface area (Å²) in [6.07, 6.45) is 2.41. The van der Waals surface area contributed by atoms with Gasteiger partial charge in [0.25, 0.3) is 0 Å². The minimum atomic E-state index is 0.452. The van der Waals surface area contributed by atoms with E-state index in [1.807, 2.05) is 0 Å². The third-order valence-electron chi connectivity index (χ3n) is 4.32. The molecule has 2 aromatic rings. The highest BCUT2D eigenvalue weighted by atomic mass is 79.9. The fourth-order valence-electron chi connectivity index (χ4n) is 3.44. The minimum Gasteiger partial charge on any atom is -0.380 e. The average Bonchev–Trinajstić information content (AvgIpc) is 3.05. The fourth-order valence-corrected chi connectivity index (χ4v) is 3.84. The Bertz CT molecular complexity index is 622. The summed E-state index contributed by atoms with van der Waals surface area (Å²) in [5, 5.41) is 3.85. The number of benzene rings is 1. The monoisotopic (exact) mass is 304 g/mol. The molecule has 0 aliphatic heterocycles. The molecule has 18 heavy (non-hydrogen) atoms. The number of halogens is 1. The van der Waals surface area contributed by atoms with Crippen molar-refractivity contribution in [2.45, 2.75) is 24.7 Å². The smallest absolute Gasteiger partial charge is 0.181 e. The molecule has 2 aliphatic carbocycles. The maximum Gasteiger partial charge on any atom is 0.181 e. The van der Waals surface area contributed by atoms with Crippen molar-refractivity contribution < 1.29 is 4.52 Å². The molecule has 3 nitrogen and oxygen atoms in total. The van der Waals surface area contributed by atoms with Gasteiger partial charge in [0.1, 0.15) is 4.47 Å². The van der Waals surface area contributed by atoms with Crippen LogP contribution in [0.1, 0.15) is 35.1 Å². The van der Waals surface area contributed by atoms with Crippen molar-refractivity contribution in [3.8, 4) is 0 Å². The highest BCUT2D eigenvalue weighted by molar-refractivity contribution is 9.10. The summed E-state index contributed by atoms with van der Waals surface area (Å²) in [7, 11) is 0. The van der Waals surface area contributed by atoms with Crippen molar-refractivity contribution in [1.82, 2.24) is 5.16 Å². The molecule has 4 heteroatoms. The maximum absolute atomic E-state index is 5.74. The van der Waals surface area contributed by atoms with Gasteiger partial charge < -0.3 is 10.3 Å². The number of aromatic nitrogens is 1. The van der Waals surface area contributed by atoms with E-state index in [0.717, 1.165) is 10.2 Å². The van der Waals surface area contributed by atoms with Crippen LogP contribution in [0.2, 0.25) is 0 Å². The Hall–Kier alpha value is -1.29. The normalized spacial score (nSPS) is 28.6. The lowest BCUT2D eigenvalue weighted by molar-refractivity contribution is 0.381. The Morgan fingerprint density at radius 1 is 1.28 bits per heavy atom. The quantitative estimate of drug-likeness (QED) is 0.878. The van der Waals surface area contributed by atoms with E-state index in [0.29, 0.717) is 23.6 Å². The van der Waals surface area contributed by atoms with Gasteiger partial charge in [-0.15, -0.1) is 0 Å². The summed E-state index contributed by atoms with van der Waals surface area (Å²) in [6, 6.07) is 8.74. The molecule has 0 saturated heterocycles. The molecule has 92 valence electrons. The molecule has 4 rings (SSSR count). The predicted octanol–water partition coefficient (Wildman–Crippen LogP) is 3.46. The molecule has 2 N–H and O–H groups in total. The van der Waals surface area contributed by atoms with E-state index in [9.17, 15) is 0 Å². The number of nitrogens with zero attached hydrogens (tertiary/aromatic N) is 1. The van der Waals surface area contributed by atoms with Crippen molar-refractivity contribution in [2.24, 2.45) is 5.92 Å². The molecule has 2 aliphatic rings. The highest BCUT2D eigenvalue weighted by Crippen LogP contribution is 2.66. The van der Waals surface area contributed by atoms with Crippen LogP contribution < -0.4 is 5.73 Å². The van der Waals surface area contributed by atoms with Gasteiger partial charge in [-0.25, -0.2) is 0 Å². The molecule has 1 saturated carbocycles. The zero-order chi connectivity index (χ0) is 12.3. The Kier molecular flexibility index (Phi) is 2.13. The number of rotatable bonds is 1. The van der Waals surface area contributed by atoms with E-state index < -0.39 is 0 Å². The van der Waals surface area contributed by atoms with Gasteiger partial charge in [-0.3, -0.25) is 0 Å². The van der Waals surface area contributed by atoms with E-state index in [1.165, 1.54) is 24.0 Å². The molecule has 1 aromatic carbocycles. The summed E-state index contributed by atoms with van der Waals surface area (Å²) in [5.41, 5.74) is 8.72. The average molecular weight is 305 g/mol. The van der Waals surface area contributed by atoms with Crippen LogP contribution in [0.15, 0.2) is 33.3 Å². The zero-order valence-electron chi connectivity index (χ0n) is 9.77. The van der Waals surface area contributed by atoms with Crippen LogP contribution in [0.25, 0.3) is 0 Å². The summed E-state index contributed by atoms with van der Waals surface area (Å²) < 4.78 is 6.25. The number of fused-ring (bicyclic) bond motifs is 3. The maximum atomic E-state index is 5.74. The number of anilines is 1. The second kappa shape index (κ2) is 3.60. The van der Waals surface area contributed by atoms with Crippen LogP contribution in [-0.2, 0) is 6.42 Å². The molecular formula is C14H13BrN2O. The molecule has 3 atom stereocenters. The Labute approximate surface area is 113 Å². The number of nitrogens with two attached hydrogens (primary N) is 1. The van der Waals surface area contributed by atoms with Crippen LogP contribution >= 0.6 is 15.9 Å². The first-order valence-corrected chi connectivity index (χ1v) is 7.05. The number of aryl methyl sites for hydroxylation is 1. The van der Waals surface area contributed by atoms with Gasteiger partial charge >= 0.3 is 0 Å². The van der Waals surface area contributed by atoms with Crippen molar-refractivity contribution in [3.63, 3.8) is 0 Å². The lowest BCUT2D eigenvalue weighted by Crippen LogP contribution is -2.00. The van der Waals surface area contributed by atoms with Crippen LogP contribution in [0, 0.1) is 5.92 Å². The molecule has 0 spiro atoms. The van der Waals surface area contributed by atoms with E-state index in [-0.39, 0.29) is 0 Å². The van der Waals surface area contributed by atoms with Crippen molar-refractivity contribution in [3.05, 3.63) is 45.6 Å². The third-order valence-corrected chi connectivity index (χ3v) is 5.11. The second-order valence-corrected chi connectivity index (χ2v) is 5.99.